The fourth-order valence-corrected chi connectivity index (χ4v) is 6.54. The van der Waals surface area contributed by atoms with Gasteiger partial charge in [0.25, 0.3) is 0 Å². The smallest absolute Gasteiger partial charge is 0.411 e. The molecule has 1 amide bonds. The maximum Gasteiger partial charge on any atom is 0.411 e. The van der Waals surface area contributed by atoms with E-state index in [-0.39, 0.29) is 29.9 Å². The Morgan fingerprint density at radius 3 is 2.33 bits per heavy atom. The molecule has 2 fully saturated rings. The second-order valence-corrected chi connectivity index (χ2v) is 14.3. The lowest BCUT2D eigenvalue weighted by atomic mass is 9.72. The molecule has 2 aliphatic rings. The van der Waals surface area contributed by atoms with Crippen LogP contribution in [0.15, 0.2) is 36.5 Å². The number of carbonyl (C=O) groups is 2. The van der Waals surface area contributed by atoms with Crippen LogP contribution in [-0.4, -0.2) is 53.3 Å². The molecule has 2 aromatic rings. The highest BCUT2D eigenvalue weighted by atomic mass is 16.6. The molecule has 0 radical (unpaired) electrons. The highest BCUT2D eigenvalue weighted by molar-refractivity contribution is 5.84. The number of benzene rings is 1. The Morgan fingerprint density at radius 2 is 1.77 bits per heavy atom. The number of likely N-dealkylation sites (tertiary alicyclic amines) is 1. The molecule has 236 valence electrons. The molecule has 2 heterocycles. The molecule has 1 aliphatic heterocycles. The van der Waals surface area contributed by atoms with Gasteiger partial charge < -0.3 is 19.5 Å². The third-order valence-corrected chi connectivity index (χ3v) is 8.45. The normalized spacial score (nSPS) is 22.5. The summed E-state index contributed by atoms with van der Waals surface area (Å²) >= 11 is 0. The maximum absolute atomic E-state index is 14.2. The zero-order chi connectivity index (χ0) is 31.7. The fourth-order valence-electron chi connectivity index (χ4n) is 6.54. The molecule has 43 heavy (non-hydrogen) atoms. The standard InChI is InChI=1S/C35H51N3O5/c1-11-42-32(39)30-27(34(4,5)6)28(36-20-24-18-23(22-16-17-22)19-37-31(24)41-10)29(38(30)33(40)43-35(7,8)9)26-15-13-12-14-25(26)21(2)3/h12-15,18-19,21-22,27-30,36H,11,16-17,20H2,1-10H3/t27-,28-,29-,30-/m0/s1. The molecular weight excluding hydrogens is 542 g/mol. The number of nitrogens with zero attached hydrogens (tertiary/aromatic N) is 2. The maximum atomic E-state index is 14.2. The summed E-state index contributed by atoms with van der Waals surface area (Å²) in [7, 11) is 1.64. The Balaban J connectivity index is 1.89. The molecule has 1 aromatic heterocycles. The van der Waals surface area contributed by atoms with Gasteiger partial charge in [0.15, 0.2) is 0 Å². The summed E-state index contributed by atoms with van der Waals surface area (Å²) in [5, 5.41) is 3.83. The van der Waals surface area contributed by atoms with Crippen molar-refractivity contribution < 1.29 is 23.8 Å². The van der Waals surface area contributed by atoms with E-state index in [0.717, 1.165) is 16.7 Å². The first-order valence-corrected chi connectivity index (χ1v) is 15.7. The van der Waals surface area contributed by atoms with E-state index in [1.54, 1.807) is 18.9 Å². The predicted octanol–water partition coefficient (Wildman–Crippen LogP) is 7.14. The van der Waals surface area contributed by atoms with Gasteiger partial charge in [0.1, 0.15) is 11.6 Å². The Hall–Kier alpha value is -3.13. The number of hydrogen-bond donors (Lipinski definition) is 1. The molecule has 4 atom stereocenters. The molecule has 1 aliphatic carbocycles. The van der Waals surface area contributed by atoms with Crippen LogP contribution in [0.1, 0.15) is 115 Å². The minimum Gasteiger partial charge on any atom is -0.481 e. The lowest BCUT2D eigenvalue weighted by molar-refractivity contribution is -0.151. The first-order valence-electron chi connectivity index (χ1n) is 15.7. The van der Waals surface area contributed by atoms with Crippen molar-refractivity contribution in [3.63, 3.8) is 0 Å². The summed E-state index contributed by atoms with van der Waals surface area (Å²) in [6.07, 6.45) is 3.74. The second kappa shape index (κ2) is 12.8. The summed E-state index contributed by atoms with van der Waals surface area (Å²) < 4.78 is 17.4. The van der Waals surface area contributed by atoms with E-state index >= 15 is 0 Å². The molecule has 1 aromatic carbocycles. The number of rotatable bonds is 9. The van der Waals surface area contributed by atoms with Gasteiger partial charge in [-0.2, -0.15) is 0 Å². The van der Waals surface area contributed by atoms with E-state index < -0.39 is 29.7 Å². The zero-order valence-corrected chi connectivity index (χ0v) is 27.7. The van der Waals surface area contributed by atoms with Gasteiger partial charge in [-0.05, 0) is 80.5 Å². The molecule has 0 spiro atoms. The highest BCUT2D eigenvalue weighted by Crippen LogP contribution is 2.50. The highest BCUT2D eigenvalue weighted by Gasteiger charge is 2.59. The third kappa shape index (κ3) is 7.34. The number of esters is 1. The Morgan fingerprint density at radius 1 is 1.09 bits per heavy atom. The molecule has 1 saturated carbocycles. The van der Waals surface area contributed by atoms with Crippen molar-refractivity contribution in [2.24, 2.45) is 11.3 Å². The van der Waals surface area contributed by atoms with E-state index in [4.69, 9.17) is 14.2 Å². The van der Waals surface area contributed by atoms with Crippen molar-refractivity contribution in [2.75, 3.05) is 13.7 Å². The van der Waals surface area contributed by atoms with Crippen LogP contribution in [0.3, 0.4) is 0 Å². The van der Waals surface area contributed by atoms with Crippen LogP contribution in [0, 0.1) is 11.3 Å². The third-order valence-electron chi connectivity index (χ3n) is 8.45. The van der Waals surface area contributed by atoms with Crippen molar-refractivity contribution in [1.82, 2.24) is 15.2 Å². The Bertz CT molecular complexity index is 1290. The van der Waals surface area contributed by atoms with Gasteiger partial charge in [0, 0.05) is 30.3 Å². The van der Waals surface area contributed by atoms with Gasteiger partial charge in [0.2, 0.25) is 5.88 Å². The van der Waals surface area contributed by atoms with Crippen LogP contribution < -0.4 is 10.1 Å². The molecule has 8 heteroatoms. The van der Waals surface area contributed by atoms with Gasteiger partial charge in [0.05, 0.1) is 19.8 Å². The predicted molar refractivity (Wildman–Crippen MR) is 168 cm³/mol. The van der Waals surface area contributed by atoms with Gasteiger partial charge in [-0.3, -0.25) is 4.90 Å². The van der Waals surface area contributed by atoms with Crippen molar-refractivity contribution >= 4 is 12.1 Å². The van der Waals surface area contributed by atoms with Crippen LogP contribution in [0.25, 0.3) is 0 Å². The van der Waals surface area contributed by atoms with Crippen molar-refractivity contribution in [3.8, 4) is 5.88 Å². The number of amides is 1. The van der Waals surface area contributed by atoms with E-state index in [9.17, 15) is 9.59 Å². The molecule has 4 rings (SSSR count). The van der Waals surface area contributed by atoms with Gasteiger partial charge in [-0.1, -0.05) is 58.9 Å². The monoisotopic (exact) mass is 593 g/mol. The summed E-state index contributed by atoms with van der Waals surface area (Å²) in [5.41, 5.74) is 3.17. The van der Waals surface area contributed by atoms with Crippen molar-refractivity contribution in [2.45, 2.75) is 117 Å². The van der Waals surface area contributed by atoms with Gasteiger partial charge in [-0.15, -0.1) is 0 Å². The van der Waals surface area contributed by atoms with Crippen LogP contribution >= 0.6 is 0 Å². The first-order chi connectivity index (χ1) is 20.2. The lowest BCUT2D eigenvalue weighted by Crippen LogP contribution is -2.49. The minimum absolute atomic E-state index is 0.201. The number of pyridine rings is 1. The Kier molecular flexibility index (Phi) is 9.79. The SMILES string of the molecule is CCOC(=O)[C@@H]1[C@@H](C(C)(C)C)[C@H](NCc2cc(C3CC3)cnc2OC)[C@H](c2ccccc2C(C)C)N1C(=O)OC(C)(C)C. The first kappa shape index (κ1) is 32.8. The van der Waals surface area contributed by atoms with E-state index in [1.807, 2.05) is 39.1 Å². The minimum atomic E-state index is -0.852. The number of carbonyl (C=O) groups excluding carboxylic acids is 2. The number of nitrogens with one attached hydrogen (secondary N) is 1. The van der Waals surface area contributed by atoms with E-state index in [2.05, 4.69) is 63.1 Å². The summed E-state index contributed by atoms with van der Waals surface area (Å²) in [6.45, 7) is 18.7. The van der Waals surface area contributed by atoms with Crippen LogP contribution in [-0.2, 0) is 20.8 Å². The number of methoxy groups -OCH3 is 1. The average Bonchev–Trinajstić information content (AvgIpc) is 3.70. The van der Waals surface area contributed by atoms with Crippen molar-refractivity contribution in [3.05, 3.63) is 58.8 Å². The summed E-state index contributed by atoms with van der Waals surface area (Å²) in [6, 6.07) is 8.75. The molecule has 1 N–H and O–H groups in total. The average molecular weight is 594 g/mol. The molecule has 1 saturated heterocycles. The molecule has 0 unspecified atom stereocenters. The lowest BCUT2D eigenvalue weighted by Gasteiger charge is -2.36. The summed E-state index contributed by atoms with van der Waals surface area (Å²) in [4.78, 5) is 34.4. The van der Waals surface area contributed by atoms with Gasteiger partial charge in [-0.25, -0.2) is 14.6 Å². The summed E-state index contributed by atoms with van der Waals surface area (Å²) in [5.74, 6) is 0.612. The molecular formula is C35H51N3O5. The second-order valence-electron chi connectivity index (χ2n) is 14.3. The van der Waals surface area contributed by atoms with E-state index in [0.29, 0.717) is 18.3 Å². The van der Waals surface area contributed by atoms with Crippen LogP contribution in [0.4, 0.5) is 4.79 Å². The van der Waals surface area contributed by atoms with Gasteiger partial charge >= 0.3 is 12.1 Å². The topological polar surface area (TPSA) is 90.0 Å². The molecule has 8 nitrogen and oxygen atoms in total. The van der Waals surface area contributed by atoms with Crippen molar-refractivity contribution in [1.29, 1.82) is 0 Å². The van der Waals surface area contributed by atoms with E-state index in [1.165, 1.54) is 18.4 Å². The quantitative estimate of drug-likeness (QED) is 0.309. The largest absolute Gasteiger partial charge is 0.481 e. The number of hydrogen-bond acceptors (Lipinski definition) is 7. The number of ether oxygens (including phenoxy) is 3. The number of aromatic nitrogens is 1. The molecule has 0 bridgehead atoms. The zero-order valence-electron chi connectivity index (χ0n) is 27.7. The Labute approximate surface area is 257 Å². The van der Waals surface area contributed by atoms with Crippen LogP contribution in [0.5, 0.6) is 5.88 Å². The van der Waals surface area contributed by atoms with Crippen LogP contribution in [0.2, 0.25) is 0 Å². The fraction of sp³-hybridized carbons (Fsp3) is 0.629.